The van der Waals surface area contributed by atoms with E-state index in [1.165, 1.54) is 4.88 Å². The number of fused-ring (bicyclic) bond motifs is 1. The van der Waals surface area contributed by atoms with Gasteiger partial charge in [0.05, 0.1) is 11.9 Å². The Morgan fingerprint density at radius 2 is 2.39 bits per heavy atom. The fraction of sp³-hybridized carbons (Fsp3) is 0.750. The Morgan fingerprint density at radius 3 is 3.13 bits per heavy atom. The maximum Gasteiger partial charge on any atom is 0.211 e. The number of sulfonamides is 1. The van der Waals surface area contributed by atoms with E-state index in [2.05, 4.69) is 27.1 Å². The quantitative estimate of drug-likeness (QED) is 0.810. The Bertz CT molecular complexity index is 603. The van der Waals surface area contributed by atoms with Crippen LogP contribution in [0.5, 0.6) is 0 Å². The van der Waals surface area contributed by atoms with E-state index in [9.17, 15) is 8.42 Å². The monoisotopic (exact) mass is 358 g/mol. The molecule has 1 aromatic rings. The SMILES string of the molecule is CCS(=O)(=O)NCC[C@@]12CCO[C@@H]1CCN(Cc1cccs1)C2. The van der Waals surface area contributed by atoms with Gasteiger partial charge in [0.2, 0.25) is 10.0 Å². The zero-order valence-corrected chi connectivity index (χ0v) is 15.3. The van der Waals surface area contributed by atoms with Gasteiger partial charge in [-0.1, -0.05) is 6.07 Å². The fourth-order valence-electron chi connectivity index (χ4n) is 3.82. The zero-order valence-electron chi connectivity index (χ0n) is 13.7. The summed E-state index contributed by atoms with van der Waals surface area (Å²) in [6, 6.07) is 4.28. The van der Waals surface area contributed by atoms with E-state index in [0.29, 0.717) is 6.54 Å². The molecule has 2 atom stereocenters. The number of thiophene rings is 1. The Morgan fingerprint density at radius 1 is 1.52 bits per heavy atom. The van der Waals surface area contributed by atoms with Crippen molar-refractivity contribution in [3.63, 3.8) is 0 Å². The molecule has 5 nitrogen and oxygen atoms in total. The largest absolute Gasteiger partial charge is 0.378 e. The lowest BCUT2D eigenvalue weighted by molar-refractivity contribution is -0.0234. The average Bonchev–Trinajstić information content (AvgIpc) is 3.16. The molecule has 0 aliphatic carbocycles. The van der Waals surface area contributed by atoms with Crippen molar-refractivity contribution >= 4 is 21.4 Å². The first-order valence-electron chi connectivity index (χ1n) is 8.37. The lowest BCUT2D eigenvalue weighted by Crippen LogP contribution is -2.50. The van der Waals surface area contributed by atoms with Gasteiger partial charge in [-0.3, -0.25) is 4.90 Å². The van der Waals surface area contributed by atoms with Crippen LogP contribution >= 0.6 is 11.3 Å². The van der Waals surface area contributed by atoms with Gasteiger partial charge in [-0.05, 0) is 37.6 Å². The molecule has 0 spiro atoms. The van der Waals surface area contributed by atoms with Gasteiger partial charge in [0.1, 0.15) is 0 Å². The molecule has 0 unspecified atom stereocenters. The normalized spacial score (nSPS) is 28.8. The first-order valence-corrected chi connectivity index (χ1v) is 10.9. The fourth-order valence-corrected chi connectivity index (χ4v) is 5.18. The van der Waals surface area contributed by atoms with Crippen LogP contribution in [0.4, 0.5) is 0 Å². The van der Waals surface area contributed by atoms with Gasteiger partial charge in [-0.15, -0.1) is 11.3 Å². The summed E-state index contributed by atoms with van der Waals surface area (Å²) in [5.41, 5.74) is 0.103. The summed E-state index contributed by atoms with van der Waals surface area (Å²) in [7, 11) is -3.11. The average molecular weight is 359 g/mol. The van der Waals surface area contributed by atoms with Crippen LogP contribution in [-0.2, 0) is 21.3 Å². The van der Waals surface area contributed by atoms with Crippen LogP contribution in [0, 0.1) is 5.41 Å². The molecule has 130 valence electrons. The van der Waals surface area contributed by atoms with Gasteiger partial charge in [-0.2, -0.15) is 0 Å². The van der Waals surface area contributed by atoms with Gasteiger partial charge >= 0.3 is 0 Å². The molecule has 0 aromatic carbocycles. The van der Waals surface area contributed by atoms with Crippen LogP contribution in [0.2, 0.25) is 0 Å². The predicted octanol–water partition coefficient (Wildman–Crippen LogP) is 2.06. The molecule has 2 saturated heterocycles. The minimum Gasteiger partial charge on any atom is -0.378 e. The number of hydrogen-bond acceptors (Lipinski definition) is 5. The molecule has 2 aliphatic rings. The summed E-state index contributed by atoms with van der Waals surface area (Å²) >= 11 is 1.80. The van der Waals surface area contributed by atoms with Crippen LogP contribution in [-0.4, -0.2) is 51.4 Å². The van der Waals surface area contributed by atoms with Gasteiger partial charge in [0.25, 0.3) is 0 Å². The predicted molar refractivity (Wildman–Crippen MR) is 93.1 cm³/mol. The summed E-state index contributed by atoms with van der Waals surface area (Å²) in [6.45, 7) is 6.05. The van der Waals surface area contributed by atoms with Crippen molar-refractivity contribution in [3.8, 4) is 0 Å². The van der Waals surface area contributed by atoms with Crippen molar-refractivity contribution in [1.82, 2.24) is 9.62 Å². The van der Waals surface area contributed by atoms with Crippen molar-refractivity contribution in [2.75, 3.05) is 32.0 Å². The van der Waals surface area contributed by atoms with Crippen molar-refractivity contribution in [3.05, 3.63) is 22.4 Å². The number of hydrogen-bond donors (Lipinski definition) is 1. The molecule has 23 heavy (non-hydrogen) atoms. The number of nitrogens with one attached hydrogen (secondary N) is 1. The zero-order chi connectivity index (χ0) is 16.3. The first-order chi connectivity index (χ1) is 11.0. The second kappa shape index (κ2) is 7.19. The smallest absolute Gasteiger partial charge is 0.211 e. The molecule has 0 bridgehead atoms. The van der Waals surface area contributed by atoms with Crippen molar-refractivity contribution in [1.29, 1.82) is 0 Å². The number of nitrogens with zero attached hydrogens (tertiary/aromatic N) is 1. The van der Waals surface area contributed by atoms with Crippen LogP contribution < -0.4 is 4.72 Å². The highest BCUT2D eigenvalue weighted by atomic mass is 32.2. The highest BCUT2D eigenvalue weighted by Gasteiger charge is 2.47. The molecule has 2 fully saturated rings. The maximum absolute atomic E-state index is 11.7. The Hall–Kier alpha value is -0.470. The van der Waals surface area contributed by atoms with Gasteiger partial charge in [-0.25, -0.2) is 13.1 Å². The maximum atomic E-state index is 11.7. The van der Waals surface area contributed by atoms with E-state index in [1.807, 2.05) is 0 Å². The highest BCUT2D eigenvalue weighted by Crippen LogP contribution is 2.43. The molecule has 1 aromatic heterocycles. The summed E-state index contributed by atoms with van der Waals surface area (Å²) in [4.78, 5) is 3.90. The molecule has 0 saturated carbocycles. The van der Waals surface area contributed by atoms with Gasteiger partial charge in [0, 0.05) is 43.1 Å². The minimum absolute atomic E-state index is 0.103. The van der Waals surface area contributed by atoms with E-state index in [1.54, 1.807) is 18.3 Å². The van der Waals surface area contributed by atoms with Crippen LogP contribution in [0.1, 0.15) is 31.1 Å². The summed E-state index contributed by atoms with van der Waals surface area (Å²) in [6.07, 6.45) is 3.23. The molecular formula is C16H26N2O3S2. The molecule has 7 heteroatoms. The van der Waals surface area contributed by atoms with E-state index < -0.39 is 10.0 Å². The number of likely N-dealkylation sites (tertiary alicyclic amines) is 1. The second-order valence-electron chi connectivity index (χ2n) is 6.60. The summed E-state index contributed by atoms with van der Waals surface area (Å²) < 4.78 is 32.0. The highest BCUT2D eigenvalue weighted by molar-refractivity contribution is 7.89. The van der Waals surface area contributed by atoms with Crippen LogP contribution in [0.25, 0.3) is 0 Å². The van der Waals surface area contributed by atoms with Crippen molar-refractivity contribution in [2.24, 2.45) is 5.41 Å². The third-order valence-electron chi connectivity index (χ3n) is 5.13. The first kappa shape index (κ1) is 17.4. The summed E-state index contributed by atoms with van der Waals surface area (Å²) in [5, 5.41) is 2.12. The molecular weight excluding hydrogens is 332 g/mol. The minimum atomic E-state index is -3.11. The lowest BCUT2D eigenvalue weighted by atomic mass is 9.74. The number of piperidine rings is 1. The van der Waals surface area contributed by atoms with Gasteiger partial charge in [0.15, 0.2) is 0 Å². The molecule has 1 N–H and O–H groups in total. The molecule has 3 rings (SSSR count). The lowest BCUT2D eigenvalue weighted by Gasteiger charge is -2.43. The number of rotatable bonds is 7. The van der Waals surface area contributed by atoms with Crippen LogP contribution in [0.3, 0.4) is 0 Å². The van der Waals surface area contributed by atoms with E-state index in [-0.39, 0.29) is 17.3 Å². The Labute approximate surface area is 143 Å². The summed E-state index contributed by atoms with van der Waals surface area (Å²) in [5.74, 6) is 0.143. The van der Waals surface area contributed by atoms with Crippen molar-refractivity contribution in [2.45, 2.75) is 38.8 Å². The third kappa shape index (κ3) is 4.14. The Balaban J connectivity index is 1.62. The molecule has 0 radical (unpaired) electrons. The second-order valence-corrected chi connectivity index (χ2v) is 9.73. The Kier molecular flexibility index (Phi) is 5.42. The van der Waals surface area contributed by atoms with E-state index >= 15 is 0 Å². The van der Waals surface area contributed by atoms with Gasteiger partial charge < -0.3 is 4.74 Å². The number of ether oxygens (including phenoxy) is 1. The van der Waals surface area contributed by atoms with E-state index in [4.69, 9.17) is 4.74 Å². The van der Waals surface area contributed by atoms with E-state index in [0.717, 1.165) is 45.5 Å². The van der Waals surface area contributed by atoms with Crippen molar-refractivity contribution < 1.29 is 13.2 Å². The van der Waals surface area contributed by atoms with Crippen LogP contribution in [0.15, 0.2) is 17.5 Å². The topological polar surface area (TPSA) is 58.6 Å². The molecule has 3 heterocycles. The third-order valence-corrected chi connectivity index (χ3v) is 7.40. The molecule has 2 aliphatic heterocycles. The molecule has 0 amide bonds. The standard InChI is InChI=1S/C16H26N2O3S2/c1-2-23(19,20)17-8-6-16-7-10-21-15(16)5-9-18(13-16)12-14-4-3-11-22-14/h3-4,11,15,17H,2,5-10,12-13H2,1H3/t15-,16+/m1/s1.